The summed E-state index contributed by atoms with van der Waals surface area (Å²) in [4.78, 5) is 12.2. The predicted octanol–water partition coefficient (Wildman–Crippen LogP) is 1.62. The van der Waals surface area contributed by atoms with Crippen molar-refractivity contribution in [1.82, 2.24) is 0 Å². The molecule has 7 nitrogen and oxygen atoms in total. The Hall–Kier alpha value is -0.300. The molecule has 0 radical (unpaired) electrons. The molecule has 0 bridgehead atoms. The van der Waals surface area contributed by atoms with Crippen LogP contribution >= 0.6 is 6.83 Å². The SMILES string of the molecule is COCCOCCOCCC(=O)OP(C)(C)(CCOC)CCOC. The van der Waals surface area contributed by atoms with Gasteiger partial charge in [-0.2, -0.15) is 0 Å². The summed E-state index contributed by atoms with van der Waals surface area (Å²) in [5.41, 5.74) is 0. The van der Waals surface area contributed by atoms with Crippen molar-refractivity contribution in [2.75, 3.05) is 93.2 Å². The van der Waals surface area contributed by atoms with Crippen LogP contribution in [0.4, 0.5) is 0 Å². The number of hydrogen-bond donors (Lipinski definition) is 0. The van der Waals surface area contributed by atoms with E-state index >= 15 is 0 Å². The monoisotopic (exact) mass is 370 g/mol. The molecule has 0 saturated heterocycles. The number of hydrogen-bond acceptors (Lipinski definition) is 7. The van der Waals surface area contributed by atoms with Crippen LogP contribution in [-0.2, 0) is 33.0 Å². The maximum atomic E-state index is 12.2. The Bertz CT molecular complexity index is 324. The van der Waals surface area contributed by atoms with E-state index < -0.39 is 6.83 Å². The summed E-state index contributed by atoms with van der Waals surface area (Å²) < 4.78 is 31.8. The molecule has 24 heavy (non-hydrogen) atoms. The summed E-state index contributed by atoms with van der Waals surface area (Å²) in [5, 5.41) is 0. The van der Waals surface area contributed by atoms with E-state index in [9.17, 15) is 4.79 Å². The summed E-state index contributed by atoms with van der Waals surface area (Å²) in [6.45, 7) is 4.98. The molecule has 8 heteroatoms. The van der Waals surface area contributed by atoms with Gasteiger partial charge in [-0.25, -0.2) is 0 Å². The van der Waals surface area contributed by atoms with Gasteiger partial charge < -0.3 is 0 Å². The molecule has 0 unspecified atom stereocenters. The molecule has 0 aromatic carbocycles. The first-order chi connectivity index (χ1) is 11.4. The molecule has 0 N–H and O–H groups in total. The van der Waals surface area contributed by atoms with Crippen molar-refractivity contribution in [2.45, 2.75) is 6.42 Å². The van der Waals surface area contributed by atoms with E-state index in [2.05, 4.69) is 0 Å². The second-order valence-corrected chi connectivity index (χ2v) is 12.6. The quantitative estimate of drug-likeness (QED) is 0.302. The molecule has 0 saturated carbocycles. The molecular formula is C16H35O7P. The van der Waals surface area contributed by atoms with Gasteiger partial charge in [0.05, 0.1) is 0 Å². The third kappa shape index (κ3) is 12.1. The van der Waals surface area contributed by atoms with Crippen LogP contribution in [0.2, 0.25) is 0 Å². The van der Waals surface area contributed by atoms with Crippen molar-refractivity contribution in [1.29, 1.82) is 0 Å². The van der Waals surface area contributed by atoms with E-state index in [0.717, 1.165) is 12.3 Å². The second kappa shape index (κ2) is 13.0. The molecule has 0 aliphatic heterocycles. The van der Waals surface area contributed by atoms with Crippen molar-refractivity contribution in [3.05, 3.63) is 0 Å². The number of rotatable bonds is 16. The number of carbonyl (C=O) groups is 1. The Balaban J connectivity index is 4.09. The standard InChI is InChI=1S/C16H35O7P/c1-18-8-9-22-11-10-21-7-6-16(17)23-24(4,5,14-12-19-2)15-13-20-3/h6-15H2,1-5H3. The van der Waals surface area contributed by atoms with Gasteiger partial charge in [-0.05, 0) is 0 Å². The van der Waals surface area contributed by atoms with Crippen LogP contribution in [0.5, 0.6) is 0 Å². The van der Waals surface area contributed by atoms with E-state index in [4.69, 9.17) is 28.2 Å². The van der Waals surface area contributed by atoms with Crippen LogP contribution in [0.3, 0.4) is 0 Å². The van der Waals surface area contributed by atoms with Crippen LogP contribution in [0.1, 0.15) is 6.42 Å². The fourth-order valence-corrected chi connectivity index (χ4v) is 4.66. The summed E-state index contributed by atoms with van der Waals surface area (Å²) in [5.74, 6) is -0.231. The average Bonchev–Trinajstić information content (AvgIpc) is 2.54. The fourth-order valence-electron chi connectivity index (χ4n) is 1.97. The minimum absolute atomic E-state index is 0.231. The molecule has 0 atom stereocenters. The van der Waals surface area contributed by atoms with Gasteiger partial charge in [-0.3, -0.25) is 0 Å². The zero-order chi connectivity index (χ0) is 18.3. The zero-order valence-electron chi connectivity index (χ0n) is 15.9. The first-order valence-corrected chi connectivity index (χ1v) is 11.6. The van der Waals surface area contributed by atoms with Crippen molar-refractivity contribution >= 4 is 12.8 Å². The van der Waals surface area contributed by atoms with E-state index in [0.29, 0.717) is 46.2 Å². The minimum atomic E-state index is -2.62. The van der Waals surface area contributed by atoms with Gasteiger partial charge in [-0.1, -0.05) is 0 Å². The second-order valence-electron chi connectivity index (χ2n) is 6.42. The fraction of sp³-hybridized carbons (Fsp3) is 0.938. The molecule has 146 valence electrons. The van der Waals surface area contributed by atoms with E-state index in [1.807, 2.05) is 13.3 Å². The Morgan fingerprint density at radius 2 is 1.17 bits per heavy atom. The number of ether oxygens (including phenoxy) is 5. The van der Waals surface area contributed by atoms with Gasteiger partial charge in [0.25, 0.3) is 0 Å². The van der Waals surface area contributed by atoms with Gasteiger partial charge in [0.15, 0.2) is 0 Å². The molecule has 0 heterocycles. The molecule has 0 rings (SSSR count). The molecule has 0 spiro atoms. The first-order valence-electron chi connectivity index (χ1n) is 8.22. The average molecular weight is 370 g/mol. The molecular weight excluding hydrogens is 335 g/mol. The van der Waals surface area contributed by atoms with Crippen LogP contribution in [0.25, 0.3) is 0 Å². The topological polar surface area (TPSA) is 72.5 Å². The molecule has 0 fully saturated rings. The summed E-state index contributed by atoms with van der Waals surface area (Å²) in [7, 11) is 4.93. The Morgan fingerprint density at radius 1 is 0.708 bits per heavy atom. The van der Waals surface area contributed by atoms with E-state index in [1.165, 1.54) is 0 Å². The van der Waals surface area contributed by atoms with Crippen molar-refractivity contribution in [3.8, 4) is 0 Å². The van der Waals surface area contributed by atoms with E-state index in [-0.39, 0.29) is 12.4 Å². The third-order valence-corrected chi connectivity index (χ3v) is 7.63. The van der Waals surface area contributed by atoms with Crippen LogP contribution < -0.4 is 0 Å². The first kappa shape index (κ1) is 23.7. The van der Waals surface area contributed by atoms with Crippen LogP contribution in [0, 0.1) is 0 Å². The molecule has 0 aromatic rings. The van der Waals surface area contributed by atoms with Gasteiger partial charge >= 0.3 is 145 Å². The summed E-state index contributed by atoms with van der Waals surface area (Å²) >= 11 is 0. The summed E-state index contributed by atoms with van der Waals surface area (Å²) in [6, 6.07) is 0. The molecule has 0 aliphatic carbocycles. The van der Waals surface area contributed by atoms with Crippen molar-refractivity contribution in [2.24, 2.45) is 0 Å². The van der Waals surface area contributed by atoms with Gasteiger partial charge in [-0.15, -0.1) is 0 Å². The third-order valence-electron chi connectivity index (χ3n) is 3.65. The Kier molecular flexibility index (Phi) is 12.8. The summed E-state index contributed by atoms with van der Waals surface area (Å²) in [6.07, 6.45) is 1.69. The van der Waals surface area contributed by atoms with E-state index in [1.54, 1.807) is 21.3 Å². The van der Waals surface area contributed by atoms with Crippen LogP contribution in [0.15, 0.2) is 0 Å². The Labute approximate surface area is 146 Å². The van der Waals surface area contributed by atoms with Crippen LogP contribution in [-0.4, -0.2) is 99.2 Å². The van der Waals surface area contributed by atoms with Crippen molar-refractivity contribution in [3.63, 3.8) is 0 Å². The van der Waals surface area contributed by atoms with Gasteiger partial charge in [0.1, 0.15) is 0 Å². The zero-order valence-corrected chi connectivity index (χ0v) is 16.8. The normalized spacial score (nSPS) is 13.5. The van der Waals surface area contributed by atoms with Gasteiger partial charge in [0, 0.05) is 0 Å². The molecule has 0 aliphatic rings. The number of carbonyl (C=O) groups excluding carboxylic acids is 1. The van der Waals surface area contributed by atoms with Crippen molar-refractivity contribution < 1.29 is 33.0 Å². The maximum absolute atomic E-state index is 12.2. The Morgan fingerprint density at radius 3 is 1.67 bits per heavy atom. The number of methoxy groups -OCH3 is 3. The molecule has 0 amide bonds. The predicted molar refractivity (Wildman–Crippen MR) is 96.5 cm³/mol. The van der Waals surface area contributed by atoms with Gasteiger partial charge in [0.2, 0.25) is 0 Å². The molecule has 0 aromatic heterocycles.